The third-order valence-electron chi connectivity index (χ3n) is 7.14. The third-order valence-corrected chi connectivity index (χ3v) is 7.14. The van der Waals surface area contributed by atoms with E-state index in [0.29, 0.717) is 17.0 Å². The molecular weight excluding hydrogens is 397 g/mol. The van der Waals surface area contributed by atoms with Gasteiger partial charge < -0.3 is 4.74 Å². The second-order valence-corrected chi connectivity index (χ2v) is 9.07. The van der Waals surface area contributed by atoms with E-state index in [2.05, 4.69) is 6.08 Å². The summed E-state index contributed by atoms with van der Waals surface area (Å²) in [6.45, 7) is 0. The van der Waals surface area contributed by atoms with Crippen LogP contribution in [0.1, 0.15) is 86.3 Å². The van der Waals surface area contributed by atoms with Crippen LogP contribution >= 0.6 is 0 Å². The predicted octanol–water partition coefficient (Wildman–Crippen LogP) is 8.15. The van der Waals surface area contributed by atoms with Crippen LogP contribution in [-0.2, 0) is 0 Å². The first kappa shape index (κ1) is 22.0. The minimum Gasteiger partial charge on any atom is -0.494 e. The number of methoxy groups -OCH3 is 1. The molecule has 0 amide bonds. The second kappa shape index (κ2) is 9.93. The van der Waals surface area contributed by atoms with E-state index in [4.69, 9.17) is 4.74 Å². The minimum absolute atomic E-state index is 0.0676. The van der Waals surface area contributed by atoms with Crippen molar-refractivity contribution in [1.29, 1.82) is 0 Å². The molecule has 0 bridgehead atoms. The van der Waals surface area contributed by atoms with Crippen molar-refractivity contribution in [2.45, 2.75) is 69.6 Å². The van der Waals surface area contributed by atoms with Gasteiger partial charge in [-0.05, 0) is 85.1 Å². The van der Waals surface area contributed by atoms with Gasteiger partial charge in [-0.25, -0.2) is 13.2 Å². The molecule has 0 N–H and O–H groups in total. The molecule has 0 aromatic heterocycles. The molecule has 2 aromatic carbocycles. The zero-order valence-corrected chi connectivity index (χ0v) is 18.2. The molecule has 0 unspecified atom stereocenters. The molecular formula is C27H31F3O. The Hall–Kier alpha value is -2.23. The van der Waals surface area contributed by atoms with E-state index in [1.165, 1.54) is 19.6 Å². The maximum atomic E-state index is 14.9. The van der Waals surface area contributed by atoms with E-state index in [-0.39, 0.29) is 23.4 Å². The molecule has 4 rings (SSSR count). The van der Waals surface area contributed by atoms with E-state index in [1.54, 1.807) is 6.07 Å². The molecule has 166 valence electrons. The van der Waals surface area contributed by atoms with Crippen LogP contribution in [0.25, 0.3) is 6.08 Å². The van der Waals surface area contributed by atoms with Gasteiger partial charge >= 0.3 is 0 Å². The fraction of sp³-hybridized carbons (Fsp3) is 0.481. The molecule has 31 heavy (non-hydrogen) atoms. The van der Waals surface area contributed by atoms with Crippen molar-refractivity contribution in [3.05, 3.63) is 70.5 Å². The van der Waals surface area contributed by atoms with Crippen LogP contribution in [0, 0.1) is 23.4 Å². The number of hydrogen-bond donors (Lipinski definition) is 0. The van der Waals surface area contributed by atoms with Crippen molar-refractivity contribution < 1.29 is 17.9 Å². The molecule has 4 heteroatoms. The average molecular weight is 429 g/mol. The van der Waals surface area contributed by atoms with Gasteiger partial charge in [0.2, 0.25) is 0 Å². The van der Waals surface area contributed by atoms with E-state index in [0.717, 1.165) is 56.9 Å². The molecule has 2 saturated carbocycles. The lowest BCUT2D eigenvalue weighted by Crippen LogP contribution is -2.15. The maximum absolute atomic E-state index is 14.9. The van der Waals surface area contributed by atoms with Crippen molar-refractivity contribution in [2.75, 3.05) is 7.11 Å². The topological polar surface area (TPSA) is 9.23 Å². The standard InChI is InChI=1S/C27H31F3O/c1-31-25-16-11-19(17-24(25)28)8-7-18-9-12-21(13-10-18)23-15-14-22(26(29)27(23)30)20-5-3-2-4-6-20/h7-8,11,14-18,20-21H,2-6,9-10,12-13H2,1H3/b8-7+. The van der Waals surface area contributed by atoms with Crippen LogP contribution in [0.15, 0.2) is 36.4 Å². The van der Waals surface area contributed by atoms with Gasteiger partial charge in [-0.15, -0.1) is 0 Å². The smallest absolute Gasteiger partial charge is 0.165 e. The molecule has 0 radical (unpaired) electrons. The first-order chi connectivity index (χ1) is 15.1. The average Bonchev–Trinajstić information content (AvgIpc) is 2.80. The number of halogens is 3. The van der Waals surface area contributed by atoms with Crippen molar-refractivity contribution in [3.63, 3.8) is 0 Å². The van der Waals surface area contributed by atoms with Crippen LogP contribution in [-0.4, -0.2) is 7.11 Å². The lowest BCUT2D eigenvalue weighted by atomic mass is 9.77. The summed E-state index contributed by atoms with van der Waals surface area (Å²) in [6, 6.07) is 8.60. The van der Waals surface area contributed by atoms with Crippen LogP contribution < -0.4 is 4.74 Å². The van der Waals surface area contributed by atoms with Crippen LogP contribution in [0.2, 0.25) is 0 Å². The third kappa shape index (κ3) is 4.99. The minimum atomic E-state index is -0.629. The van der Waals surface area contributed by atoms with E-state index >= 15 is 0 Å². The maximum Gasteiger partial charge on any atom is 0.165 e. The molecule has 2 aliphatic rings. The Morgan fingerprint density at radius 3 is 1.97 bits per heavy atom. The highest BCUT2D eigenvalue weighted by atomic mass is 19.2. The number of hydrogen-bond acceptors (Lipinski definition) is 1. The van der Waals surface area contributed by atoms with Crippen molar-refractivity contribution in [2.24, 2.45) is 5.92 Å². The zero-order valence-electron chi connectivity index (χ0n) is 18.2. The van der Waals surface area contributed by atoms with Gasteiger partial charge in [-0.1, -0.05) is 49.6 Å². The van der Waals surface area contributed by atoms with Crippen molar-refractivity contribution in [3.8, 4) is 5.75 Å². The lowest BCUT2D eigenvalue weighted by molar-refractivity contribution is 0.361. The Balaban J connectivity index is 1.38. The Bertz CT molecular complexity index is 922. The number of allylic oxidation sites excluding steroid dienone is 1. The highest BCUT2D eigenvalue weighted by Gasteiger charge is 2.27. The Labute approximate surface area is 183 Å². The van der Waals surface area contributed by atoms with E-state index < -0.39 is 11.6 Å². The Kier molecular flexibility index (Phi) is 7.04. The molecule has 0 saturated heterocycles. The summed E-state index contributed by atoms with van der Waals surface area (Å²) < 4.78 is 48.6. The molecule has 0 atom stereocenters. The molecule has 2 aliphatic carbocycles. The lowest BCUT2D eigenvalue weighted by Gasteiger charge is -2.28. The number of rotatable bonds is 5. The number of ether oxygens (including phenoxy) is 1. The summed E-state index contributed by atoms with van der Waals surface area (Å²) in [6.07, 6.45) is 12.9. The van der Waals surface area contributed by atoms with E-state index in [1.807, 2.05) is 24.3 Å². The largest absolute Gasteiger partial charge is 0.494 e. The highest BCUT2D eigenvalue weighted by molar-refractivity contribution is 5.51. The Morgan fingerprint density at radius 1 is 0.774 bits per heavy atom. The summed E-state index contributed by atoms with van der Waals surface area (Å²) in [5, 5.41) is 0. The van der Waals surface area contributed by atoms with Gasteiger partial charge in [0.15, 0.2) is 23.2 Å². The van der Waals surface area contributed by atoms with Gasteiger partial charge in [0, 0.05) is 0 Å². The molecule has 2 aromatic rings. The quantitative estimate of drug-likeness (QED) is 0.467. The highest BCUT2D eigenvalue weighted by Crippen LogP contribution is 2.40. The van der Waals surface area contributed by atoms with Crippen LogP contribution in [0.5, 0.6) is 5.75 Å². The Morgan fingerprint density at radius 2 is 1.39 bits per heavy atom. The second-order valence-electron chi connectivity index (χ2n) is 9.07. The van der Waals surface area contributed by atoms with Gasteiger partial charge in [0.1, 0.15) is 0 Å². The normalized spacial score (nSPS) is 22.7. The monoisotopic (exact) mass is 428 g/mol. The van der Waals surface area contributed by atoms with Crippen molar-refractivity contribution in [1.82, 2.24) is 0 Å². The zero-order chi connectivity index (χ0) is 21.8. The molecule has 0 heterocycles. The fourth-order valence-electron chi connectivity index (χ4n) is 5.28. The number of benzene rings is 2. The van der Waals surface area contributed by atoms with Gasteiger partial charge in [0.25, 0.3) is 0 Å². The summed E-state index contributed by atoms with van der Waals surface area (Å²) in [5.41, 5.74) is 1.91. The molecule has 0 aliphatic heterocycles. The summed E-state index contributed by atoms with van der Waals surface area (Å²) in [5.74, 6) is -0.775. The van der Waals surface area contributed by atoms with E-state index in [9.17, 15) is 13.2 Å². The molecule has 0 spiro atoms. The SMILES string of the molecule is COc1ccc(/C=C/C2CCC(c3ccc(C4CCCCC4)c(F)c3F)CC2)cc1F. The first-order valence-electron chi connectivity index (χ1n) is 11.6. The predicted molar refractivity (Wildman–Crippen MR) is 119 cm³/mol. The molecule has 1 nitrogen and oxygen atoms in total. The summed E-state index contributed by atoms with van der Waals surface area (Å²) in [7, 11) is 1.45. The fourth-order valence-corrected chi connectivity index (χ4v) is 5.28. The summed E-state index contributed by atoms with van der Waals surface area (Å²) in [4.78, 5) is 0. The summed E-state index contributed by atoms with van der Waals surface area (Å²) >= 11 is 0. The molecule has 2 fully saturated rings. The van der Waals surface area contributed by atoms with Gasteiger partial charge in [0.05, 0.1) is 7.11 Å². The van der Waals surface area contributed by atoms with Crippen LogP contribution in [0.4, 0.5) is 13.2 Å². The van der Waals surface area contributed by atoms with Gasteiger partial charge in [-0.2, -0.15) is 0 Å². The first-order valence-corrected chi connectivity index (χ1v) is 11.6. The van der Waals surface area contributed by atoms with Crippen LogP contribution in [0.3, 0.4) is 0 Å². The van der Waals surface area contributed by atoms with Crippen molar-refractivity contribution >= 4 is 6.08 Å². The van der Waals surface area contributed by atoms with Gasteiger partial charge in [-0.3, -0.25) is 0 Å².